The molecule has 1 aromatic rings. The molecule has 2 N–H and O–H groups in total. The minimum Gasteiger partial charge on any atom is -0.305 e. The first kappa shape index (κ1) is 12.0. The molecule has 0 saturated carbocycles. The van der Waals surface area contributed by atoms with Gasteiger partial charge in [-0.1, -0.05) is 18.2 Å². The predicted octanol–water partition coefficient (Wildman–Crippen LogP) is 0.709. The van der Waals surface area contributed by atoms with E-state index in [-0.39, 0.29) is 0 Å². The first-order valence-electron chi connectivity index (χ1n) is 4.34. The van der Waals surface area contributed by atoms with Gasteiger partial charge in [0.05, 0.1) is 19.1 Å². The van der Waals surface area contributed by atoms with Gasteiger partial charge >= 0.3 is 0 Å². The van der Waals surface area contributed by atoms with Crippen molar-refractivity contribution in [1.82, 2.24) is 5.48 Å². The number of anilines is 1. The Labute approximate surface area is 89.5 Å². The molecule has 0 aliphatic carbocycles. The largest absolute Gasteiger partial charge is 0.305 e. The lowest BCUT2D eigenvalue weighted by Crippen LogP contribution is -2.15. The molecule has 0 spiro atoms. The van der Waals surface area contributed by atoms with Crippen molar-refractivity contribution in [1.29, 1.82) is 0 Å². The molecule has 0 aromatic heterocycles. The molecule has 15 heavy (non-hydrogen) atoms. The minimum absolute atomic E-state index is 0.440. The molecule has 0 bridgehead atoms. The van der Waals surface area contributed by atoms with Crippen LogP contribution < -0.4 is 10.2 Å². The maximum absolute atomic E-state index is 11.1. The van der Waals surface area contributed by atoms with Crippen molar-refractivity contribution in [2.45, 2.75) is 6.54 Å². The third kappa shape index (κ3) is 4.28. The Kier molecular flexibility index (Phi) is 4.07. The fourth-order valence-electron chi connectivity index (χ4n) is 1.12. The molecule has 0 aliphatic heterocycles. The molecule has 0 amide bonds. The number of hydroxylamine groups is 1. The van der Waals surface area contributed by atoms with Crippen molar-refractivity contribution in [3.8, 4) is 0 Å². The molecule has 84 valence electrons. The third-order valence-corrected chi connectivity index (χ3v) is 2.31. The van der Waals surface area contributed by atoms with E-state index >= 15 is 0 Å². The average Bonchev–Trinajstić information content (AvgIpc) is 2.14. The van der Waals surface area contributed by atoms with Gasteiger partial charge in [0.1, 0.15) is 0 Å². The van der Waals surface area contributed by atoms with Gasteiger partial charge in [0.2, 0.25) is 10.0 Å². The topological polar surface area (TPSA) is 67.4 Å². The Morgan fingerprint density at radius 1 is 1.33 bits per heavy atom. The van der Waals surface area contributed by atoms with Gasteiger partial charge in [-0.05, 0) is 11.6 Å². The first-order chi connectivity index (χ1) is 7.03. The van der Waals surface area contributed by atoms with Crippen LogP contribution in [0.15, 0.2) is 24.3 Å². The monoisotopic (exact) mass is 230 g/mol. The minimum atomic E-state index is -3.24. The first-order valence-corrected chi connectivity index (χ1v) is 6.23. The molecule has 1 aromatic carbocycles. The van der Waals surface area contributed by atoms with E-state index in [1.807, 2.05) is 12.1 Å². The summed E-state index contributed by atoms with van der Waals surface area (Å²) < 4.78 is 24.6. The lowest BCUT2D eigenvalue weighted by atomic mass is 10.2. The molecule has 0 heterocycles. The van der Waals surface area contributed by atoms with Crippen LogP contribution in [0.3, 0.4) is 0 Å². The van der Waals surface area contributed by atoms with Crippen molar-refractivity contribution in [2.75, 3.05) is 18.1 Å². The van der Waals surface area contributed by atoms with E-state index in [1.54, 1.807) is 12.1 Å². The molecular formula is C9H14N2O3S. The number of benzene rings is 1. The molecule has 0 atom stereocenters. The van der Waals surface area contributed by atoms with Crippen molar-refractivity contribution < 1.29 is 13.3 Å². The Balaban J connectivity index is 2.86. The standard InChI is InChI=1S/C9H14N2O3S/c1-14-10-7-8-5-3-4-6-9(8)11-15(2,12)13/h3-6,10-11H,7H2,1-2H3. The number of sulfonamides is 1. The van der Waals surface area contributed by atoms with Crippen molar-refractivity contribution in [3.05, 3.63) is 29.8 Å². The van der Waals surface area contributed by atoms with Crippen molar-refractivity contribution >= 4 is 15.7 Å². The molecule has 0 fully saturated rings. The van der Waals surface area contributed by atoms with Gasteiger partial charge in [-0.2, -0.15) is 5.48 Å². The normalized spacial score (nSPS) is 11.3. The zero-order valence-corrected chi connectivity index (χ0v) is 9.47. The Morgan fingerprint density at radius 2 is 2.00 bits per heavy atom. The molecule has 0 aliphatic rings. The summed E-state index contributed by atoms with van der Waals surface area (Å²) in [6.07, 6.45) is 1.12. The smallest absolute Gasteiger partial charge is 0.229 e. The fraction of sp³-hybridized carbons (Fsp3) is 0.333. The zero-order chi connectivity index (χ0) is 11.3. The molecular weight excluding hydrogens is 216 g/mol. The molecule has 0 saturated heterocycles. The molecule has 0 unspecified atom stereocenters. The second kappa shape index (κ2) is 5.11. The Hall–Kier alpha value is -1.11. The van der Waals surface area contributed by atoms with E-state index < -0.39 is 10.0 Å². The van der Waals surface area contributed by atoms with Crippen LogP contribution in [0.1, 0.15) is 5.56 Å². The highest BCUT2D eigenvalue weighted by Crippen LogP contribution is 2.15. The quantitative estimate of drug-likeness (QED) is 0.731. The highest BCUT2D eigenvalue weighted by Gasteiger charge is 2.05. The maximum atomic E-state index is 11.1. The predicted molar refractivity (Wildman–Crippen MR) is 58.8 cm³/mol. The van der Waals surface area contributed by atoms with Gasteiger partial charge < -0.3 is 4.84 Å². The van der Waals surface area contributed by atoms with Gasteiger partial charge in [-0.3, -0.25) is 4.72 Å². The summed E-state index contributed by atoms with van der Waals surface area (Å²) >= 11 is 0. The number of hydrogen-bond acceptors (Lipinski definition) is 4. The van der Waals surface area contributed by atoms with E-state index in [1.165, 1.54) is 7.11 Å². The zero-order valence-electron chi connectivity index (χ0n) is 8.65. The van der Waals surface area contributed by atoms with Crippen LogP contribution in [0, 0.1) is 0 Å². The van der Waals surface area contributed by atoms with E-state index in [0.717, 1.165) is 11.8 Å². The van der Waals surface area contributed by atoms with Gasteiger partial charge in [-0.15, -0.1) is 0 Å². The van der Waals surface area contributed by atoms with Crippen molar-refractivity contribution in [3.63, 3.8) is 0 Å². The van der Waals surface area contributed by atoms with Crippen LogP contribution in [0.25, 0.3) is 0 Å². The second-order valence-corrected chi connectivity index (χ2v) is 4.81. The van der Waals surface area contributed by atoms with Crippen LogP contribution in [0.2, 0.25) is 0 Å². The summed E-state index contributed by atoms with van der Waals surface area (Å²) in [5, 5.41) is 0. The summed E-state index contributed by atoms with van der Waals surface area (Å²) in [6, 6.07) is 7.12. The van der Waals surface area contributed by atoms with E-state index in [4.69, 9.17) is 4.84 Å². The highest BCUT2D eigenvalue weighted by molar-refractivity contribution is 7.92. The third-order valence-electron chi connectivity index (χ3n) is 1.72. The number of rotatable bonds is 5. The molecule has 6 heteroatoms. The van der Waals surface area contributed by atoms with Gasteiger partial charge in [-0.25, -0.2) is 8.42 Å². The van der Waals surface area contributed by atoms with Gasteiger partial charge in [0.25, 0.3) is 0 Å². The molecule has 5 nitrogen and oxygen atoms in total. The summed E-state index contributed by atoms with van der Waals surface area (Å²) in [5.41, 5.74) is 4.04. The number of nitrogens with one attached hydrogen (secondary N) is 2. The van der Waals surface area contributed by atoms with E-state index in [0.29, 0.717) is 12.2 Å². The summed E-state index contributed by atoms with van der Waals surface area (Å²) in [5.74, 6) is 0. The van der Waals surface area contributed by atoms with Gasteiger partial charge in [0, 0.05) is 6.54 Å². The van der Waals surface area contributed by atoms with E-state index in [2.05, 4.69) is 10.2 Å². The van der Waals surface area contributed by atoms with Crippen LogP contribution in [-0.4, -0.2) is 21.8 Å². The van der Waals surface area contributed by atoms with Gasteiger partial charge in [0.15, 0.2) is 0 Å². The average molecular weight is 230 g/mol. The lowest BCUT2D eigenvalue weighted by Gasteiger charge is -2.10. The maximum Gasteiger partial charge on any atom is 0.229 e. The van der Waals surface area contributed by atoms with Crippen LogP contribution in [-0.2, 0) is 21.4 Å². The lowest BCUT2D eigenvalue weighted by molar-refractivity contribution is 0.0868. The number of para-hydroxylation sites is 1. The summed E-state index contributed by atoms with van der Waals surface area (Å²) in [4.78, 5) is 4.70. The fourth-order valence-corrected chi connectivity index (χ4v) is 1.72. The molecule has 1 rings (SSSR count). The molecule has 0 radical (unpaired) electrons. The van der Waals surface area contributed by atoms with Crippen molar-refractivity contribution in [2.24, 2.45) is 0 Å². The summed E-state index contributed by atoms with van der Waals surface area (Å²) in [6.45, 7) is 0.440. The SMILES string of the molecule is CONCc1ccccc1NS(C)(=O)=O. The highest BCUT2D eigenvalue weighted by atomic mass is 32.2. The number of hydrogen-bond donors (Lipinski definition) is 2. The van der Waals surface area contributed by atoms with Crippen LogP contribution in [0.5, 0.6) is 0 Å². The van der Waals surface area contributed by atoms with E-state index in [9.17, 15) is 8.42 Å². The van der Waals surface area contributed by atoms with Crippen LogP contribution in [0.4, 0.5) is 5.69 Å². The Bertz CT molecular complexity index is 417. The Morgan fingerprint density at radius 3 is 2.60 bits per heavy atom. The second-order valence-electron chi connectivity index (χ2n) is 3.06. The summed E-state index contributed by atoms with van der Waals surface area (Å²) in [7, 11) is -1.74. The van der Waals surface area contributed by atoms with Crippen LogP contribution >= 0.6 is 0 Å².